The molecular formula is C18H15NO2S2. The van der Waals surface area contributed by atoms with E-state index in [1.54, 1.807) is 0 Å². The first-order valence-corrected chi connectivity index (χ1v) is 8.36. The zero-order chi connectivity index (χ0) is 16.4. The topological polar surface area (TPSA) is 40.5 Å². The summed E-state index contributed by atoms with van der Waals surface area (Å²) in [5, 5.41) is 9.07. The van der Waals surface area contributed by atoms with Crippen LogP contribution >= 0.6 is 24.0 Å². The SMILES string of the molecule is Cc1ccc(CN2C(=S)/C(=C/C(=O)O)Sc3ccccc32)cc1. The molecule has 0 atom stereocenters. The number of carboxylic acids is 1. The van der Waals surface area contributed by atoms with E-state index in [1.165, 1.54) is 23.4 Å². The highest BCUT2D eigenvalue weighted by Gasteiger charge is 2.26. The second-order valence-electron chi connectivity index (χ2n) is 5.29. The van der Waals surface area contributed by atoms with E-state index in [1.807, 2.05) is 29.2 Å². The van der Waals surface area contributed by atoms with Crippen molar-refractivity contribution >= 4 is 40.6 Å². The Kier molecular flexibility index (Phi) is 4.50. The molecule has 0 aromatic heterocycles. The summed E-state index contributed by atoms with van der Waals surface area (Å²) >= 11 is 6.95. The van der Waals surface area contributed by atoms with Crippen molar-refractivity contribution in [3.8, 4) is 0 Å². The summed E-state index contributed by atoms with van der Waals surface area (Å²) in [6, 6.07) is 16.2. The molecule has 1 N–H and O–H groups in total. The quantitative estimate of drug-likeness (QED) is 0.662. The molecule has 1 aliphatic rings. The molecule has 3 rings (SSSR count). The fourth-order valence-corrected chi connectivity index (χ4v) is 3.78. The molecule has 0 amide bonds. The van der Waals surface area contributed by atoms with Gasteiger partial charge in [-0.2, -0.15) is 0 Å². The van der Waals surface area contributed by atoms with Crippen molar-refractivity contribution in [3.63, 3.8) is 0 Å². The number of benzene rings is 2. The second-order valence-corrected chi connectivity index (χ2v) is 6.76. The molecule has 3 nitrogen and oxygen atoms in total. The van der Waals surface area contributed by atoms with Crippen molar-refractivity contribution in [2.75, 3.05) is 4.90 Å². The first-order chi connectivity index (χ1) is 11.0. The lowest BCUT2D eigenvalue weighted by atomic mass is 10.1. The molecule has 5 heteroatoms. The van der Waals surface area contributed by atoms with Gasteiger partial charge in [-0.05, 0) is 24.6 Å². The Labute approximate surface area is 144 Å². The highest BCUT2D eigenvalue weighted by Crippen LogP contribution is 2.42. The number of rotatable bonds is 3. The molecule has 116 valence electrons. The first-order valence-electron chi connectivity index (χ1n) is 7.13. The van der Waals surface area contributed by atoms with Gasteiger partial charge in [0.15, 0.2) is 0 Å². The van der Waals surface area contributed by atoms with Crippen molar-refractivity contribution in [1.82, 2.24) is 0 Å². The zero-order valence-electron chi connectivity index (χ0n) is 12.5. The average Bonchev–Trinajstić information content (AvgIpc) is 2.53. The van der Waals surface area contributed by atoms with Gasteiger partial charge in [0.1, 0.15) is 4.99 Å². The lowest BCUT2D eigenvalue weighted by Gasteiger charge is -2.32. The molecule has 0 saturated carbocycles. The molecule has 0 unspecified atom stereocenters. The highest BCUT2D eigenvalue weighted by molar-refractivity contribution is 8.05. The summed E-state index contributed by atoms with van der Waals surface area (Å²) in [5.41, 5.74) is 3.36. The average molecular weight is 341 g/mol. The Hall–Kier alpha value is -2.11. The van der Waals surface area contributed by atoms with E-state index in [9.17, 15) is 4.79 Å². The van der Waals surface area contributed by atoms with Gasteiger partial charge in [-0.3, -0.25) is 0 Å². The zero-order valence-corrected chi connectivity index (χ0v) is 14.2. The van der Waals surface area contributed by atoms with Gasteiger partial charge in [0.25, 0.3) is 0 Å². The molecule has 1 heterocycles. The van der Waals surface area contributed by atoms with Crippen molar-refractivity contribution in [2.45, 2.75) is 18.4 Å². The molecular weight excluding hydrogens is 326 g/mol. The van der Waals surface area contributed by atoms with Crippen molar-refractivity contribution in [1.29, 1.82) is 0 Å². The van der Waals surface area contributed by atoms with Gasteiger partial charge in [0, 0.05) is 17.5 Å². The molecule has 2 aromatic carbocycles. The lowest BCUT2D eigenvalue weighted by Crippen LogP contribution is -2.32. The monoisotopic (exact) mass is 341 g/mol. The van der Waals surface area contributed by atoms with E-state index in [2.05, 4.69) is 31.2 Å². The lowest BCUT2D eigenvalue weighted by molar-refractivity contribution is -0.131. The number of aliphatic carboxylic acids is 1. The van der Waals surface area contributed by atoms with E-state index >= 15 is 0 Å². The number of para-hydroxylation sites is 1. The maximum atomic E-state index is 11.1. The number of carboxylic acid groups (broad SMARTS) is 1. The van der Waals surface area contributed by atoms with E-state index in [0.29, 0.717) is 16.4 Å². The van der Waals surface area contributed by atoms with Crippen LogP contribution in [0.4, 0.5) is 5.69 Å². The van der Waals surface area contributed by atoms with Gasteiger partial charge in [0.05, 0.1) is 10.6 Å². The third-order valence-electron chi connectivity index (χ3n) is 3.55. The minimum absolute atomic E-state index is 0.552. The third-order valence-corrected chi connectivity index (χ3v) is 5.21. The van der Waals surface area contributed by atoms with Crippen molar-refractivity contribution < 1.29 is 9.90 Å². The summed E-state index contributed by atoms with van der Waals surface area (Å²) in [5.74, 6) is -0.982. The molecule has 0 bridgehead atoms. The normalized spacial score (nSPS) is 15.6. The number of thioether (sulfide) groups is 1. The van der Waals surface area contributed by atoms with E-state index in [-0.39, 0.29) is 0 Å². The van der Waals surface area contributed by atoms with Crippen LogP contribution in [0.1, 0.15) is 11.1 Å². The van der Waals surface area contributed by atoms with E-state index < -0.39 is 5.97 Å². The molecule has 0 radical (unpaired) electrons. The number of anilines is 1. The summed E-state index contributed by atoms with van der Waals surface area (Å²) in [6.07, 6.45) is 1.19. The van der Waals surface area contributed by atoms with Crippen LogP contribution < -0.4 is 4.90 Å². The second kappa shape index (κ2) is 6.56. The van der Waals surface area contributed by atoms with Gasteiger partial charge in [-0.15, -0.1) is 0 Å². The van der Waals surface area contributed by atoms with Crippen LogP contribution in [0.25, 0.3) is 0 Å². The van der Waals surface area contributed by atoms with Gasteiger partial charge in [-0.1, -0.05) is 65.9 Å². The standard InChI is InChI=1S/C18H15NO2S2/c1-12-6-8-13(9-7-12)11-19-14-4-2-3-5-15(14)23-16(18(19)22)10-17(20)21/h2-10H,11H2,1H3,(H,20,21)/b16-10-. The minimum atomic E-state index is -0.982. The predicted molar refractivity (Wildman–Crippen MR) is 98.0 cm³/mol. The van der Waals surface area contributed by atoms with Crippen molar-refractivity contribution in [3.05, 3.63) is 70.6 Å². The summed E-state index contributed by atoms with van der Waals surface area (Å²) in [6.45, 7) is 2.67. The predicted octanol–water partition coefficient (Wildman–Crippen LogP) is 4.40. The van der Waals surface area contributed by atoms with Gasteiger partial charge in [-0.25, -0.2) is 4.79 Å². The third kappa shape index (κ3) is 3.46. The molecule has 0 saturated heterocycles. The Morgan fingerprint density at radius 1 is 1.22 bits per heavy atom. The van der Waals surface area contributed by atoms with Crippen molar-refractivity contribution in [2.24, 2.45) is 0 Å². The number of thiocarbonyl (C=S) groups is 1. The first kappa shape index (κ1) is 15.8. The number of nitrogens with zero attached hydrogens (tertiary/aromatic N) is 1. The summed E-state index contributed by atoms with van der Waals surface area (Å²) in [7, 11) is 0. The fraction of sp³-hybridized carbons (Fsp3) is 0.111. The Morgan fingerprint density at radius 2 is 1.91 bits per heavy atom. The fourth-order valence-electron chi connectivity index (χ4n) is 2.41. The van der Waals surface area contributed by atoms with Crippen LogP contribution in [0.5, 0.6) is 0 Å². The molecule has 23 heavy (non-hydrogen) atoms. The highest BCUT2D eigenvalue weighted by atomic mass is 32.2. The van der Waals surface area contributed by atoms with E-state index in [0.717, 1.165) is 16.1 Å². The maximum absolute atomic E-state index is 11.1. The van der Waals surface area contributed by atoms with E-state index in [4.69, 9.17) is 17.3 Å². The van der Waals surface area contributed by atoms with Gasteiger partial charge < -0.3 is 10.0 Å². The number of hydrogen-bond donors (Lipinski definition) is 1. The molecule has 0 spiro atoms. The molecule has 0 fully saturated rings. The van der Waals surface area contributed by atoms with Crippen LogP contribution in [-0.2, 0) is 11.3 Å². The number of fused-ring (bicyclic) bond motifs is 1. The number of carbonyl (C=O) groups is 1. The largest absolute Gasteiger partial charge is 0.478 e. The van der Waals surface area contributed by atoms with Gasteiger partial charge in [0.2, 0.25) is 0 Å². The summed E-state index contributed by atoms with van der Waals surface area (Å²) in [4.78, 5) is 15.2. The Balaban J connectivity index is 2.00. The molecule has 0 aliphatic carbocycles. The smallest absolute Gasteiger partial charge is 0.329 e. The molecule has 2 aromatic rings. The number of aryl methyl sites for hydroxylation is 1. The summed E-state index contributed by atoms with van der Waals surface area (Å²) < 4.78 is 0. The van der Waals surface area contributed by atoms with Crippen LogP contribution in [0.2, 0.25) is 0 Å². The van der Waals surface area contributed by atoms with Crippen LogP contribution in [0.15, 0.2) is 64.4 Å². The number of hydrogen-bond acceptors (Lipinski definition) is 3. The Bertz CT molecular complexity index is 797. The Morgan fingerprint density at radius 3 is 2.61 bits per heavy atom. The minimum Gasteiger partial charge on any atom is -0.478 e. The van der Waals surface area contributed by atoms with Crippen LogP contribution in [0.3, 0.4) is 0 Å². The maximum Gasteiger partial charge on any atom is 0.329 e. The van der Waals surface area contributed by atoms with Crippen LogP contribution in [0, 0.1) is 6.92 Å². The van der Waals surface area contributed by atoms with Crippen LogP contribution in [-0.4, -0.2) is 16.1 Å². The van der Waals surface area contributed by atoms with Gasteiger partial charge >= 0.3 is 5.97 Å². The molecule has 1 aliphatic heterocycles.